The molecule has 1 aliphatic rings. The number of nitrogens with one attached hydrogen (secondary N) is 1. The number of anilines is 1. The highest BCUT2D eigenvalue weighted by Crippen LogP contribution is 2.21. The van der Waals surface area contributed by atoms with Crippen molar-refractivity contribution in [2.45, 2.75) is 13.0 Å². The molecule has 0 aromatic heterocycles. The Morgan fingerprint density at radius 3 is 3.12 bits per heavy atom. The van der Waals surface area contributed by atoms with Crippen LogP contribution in [0.1, 0.15) is 11.1 Å². The van der Waals surface area contributed by atoms with E-state index in [1.807, 2.05) is 18.2 Å². The molecular formula is C13H17N3O. The van der Waals surface area contributed by atoms with E-state index in [0.29, 0.717) is 13.1 Å². The van der Waals surface area contributed by atoms with Crippen LogP contribution in [0.3, 0.4) is 0 Å². The Kier molecular flexibility index (Phi) is 3.32. The third kappa shape index (κ3) is 2.58. The molecule has 1 aromatic carbocycles. The molecule has 2 rings (SSSR count). The molecule has 0 bridgehead atoms. The molecule has 0 saturated heterocycles. The molecule has 4 heteroatoms. The summed E-state index contributed by atoms with van der Waals surface area (Å²) in [6.07, 6.45) is 2.56. The lowest BCUT2D eigenvalue weighted by molar-refractivity contribution is 0.193. The summed E-state index contributed by atoms with van der Waals surface area (Å²) in [4.78, 5) is 13.6. The first-order chi connectivity index (χ1) is 8.20. The van der Waals surface area contributed by atoms with Gasteiger partial charge >= 0.3 is 6.03 Å². The van der Waals surface area contributed by atoms with Gasteiger partial charge in [0, 0.05) is 25.3 Å². The Labute approximate surface area is 101 Å². The fourth-order valence-electron chi connectivity index (χ4n) is 2.02. The van der Waals surface area contributed by atoms with Gasteiger partial charge in [0.2, 0.25) is 0 Å². The fraction of sp³-hybridized carbons (Fsp3) is 0.308. The van der Waals surface area contributed by atoms with Gasteiger partial charge in [-0.1, -0.05) is 12.1 Å². The van der Waals surface area contributed by atoms with Crippen LogP contribution < -0.4 is 11.1 Å². The van der Waals surface area contributed by atoms with Gasteiger partial charge in [0.05, 0.1) is 0 Å². The van der Waals surface area contributed by atoms with Crippen LogP contribution in [0, 0.1) is 0 Å². The van der Waals surface area contributed by atoms with Gasteiger partial charge in [-0.25, -0.2) is 4.79 Å². The van der Waals surface area contributed by atoms with Crippen LogP contribution in [-0.4, -0.2) is 24.0 Å². The minimum absolute atomic E-state index is 0.0435. The smallest absolute Gasteiger partial charge is 0.317 e. The second kappa shape index (κ2) is 4.91. The number of nitrogens with two attached hydrogens (primary N) is 1. The predicted molar refractivity (Wildman–Crippen MR) is 68.6 cm³/mol. The monoisotopic (exact) mass is 231 g/mol. The maximum atomic E-state index is 11.8. The summed E-state index contributed by atoms with van der Waals surface area (Å²) in [5.74, 6) is 0. The third-order valence-corrected chi connectivity index (χ3v) is 2.93. The maximum absolute atomic E-state index is 11.8. The zero-order chi connectivity index (χ0) is 12.3. The molecular weight excluding hydrogens is 214 g/mol. The number of nitrogen functional groups attached to an aromatic ring is 1. The molecule has 90 valence electrons. The number of rotatable bonds is 2. The first-order valence-electron chi connectivity index (χ1n) is 5.71. The SMILES string of the molecule is C=CCNC(=O)N1CCc2ccc(N)cc2C1. The van der Waals surface area contributed by atoms with E-state index in [0.717, 1.165) is 24.2 Å². The number of fused-ring (bicyclic) bond motifs is 1. The number of hydrogen-bond donors (Lipinski definition) is 2. The maximum Gasteiger partial charge on any atom is 0.317 e. The second-order valence-corrected chi connectivity index (χ2v) is 4.17. The zero-order valence-electron chi connectivity index (χ0n) is 9.78. The molecule has 0 aliphatic carbocycles. The molecule has 0 atom stereocenters. The molecule has 1 aromatic rings. The van der Waals surface area contributed by atoms with Gasteiger partial charge < -0.3 is 16.0 Å². The van der Waals surface area contributed by atoms with Crippen LogP contribution in [0.4, 0.5) is 10.5 Å². The van der Waals surface area contributed by atoms with Crippen molar-refractivity contribution in [3.63, 3.8) is 0 Å². The van der Waals surface area contributed by atoms with Crippen LogP contribution in [0.25, 0.3) is 0 Å². The number of nitrogens with zero attached hydrogens (tertiary/aromatic N) is 1. The van der Waals surface area contributed by atoms with Crippen molar-refractivity contribution in [3.8, 4) is 0 Å². The van der Waals surface area contributed by atoms with Crippen molar-refractivity contribution in [3.05, 3.63) is 42.0 Å². The summed E-state index contributed by atoms with van der Waals surface area (Å²) in [6, 6.07) is 5.86. The van der Waals surface area contributed by atoms with E-state index in [1.54, 1.807) is 11.0 Å². The lowest BCUT2D eigenvalue weighted by atomic mass is 9.99. The largest absolute Gasteiger partial charge is 0.399 e. The van der Waals surface area contributed by atoms with Crippen LogP contribution in [0.15, 0.2) is 30.9 Å². The average Bonchev–Trinajstić information content (AvgIpc) is 2.35. The summed E-state index contributed by atoms with van der Waals surface area (Å²) in [5.41, 5.74) is 8.93. The normalized spacial score (nSPS) is 14.0. The minimum Gasteiger partial charge on any atom is -0.399 e. The zero-order valence-corrected chi connectivity index (χ0v) is 9.78. The van der Waals surface area contributed by atoms with Gasteiger partial charge in [-0.3, -0.25) is 0 Å². The molecule has 0 unspecified atom stereocenters. The van der Waals surface area contributed by atoms with E-state index in [-0.39, 0.29) is 6.03 Å². The van der Waals surface area contributed by atoms with E-state index in [9.17, 15) is 4.79 Å². The Morgan fingerprint density at radius 1 is 1.53 bits per heavy atom. The first-order valence-corrected chi connectivity index (χ1v) is 5.71. The van der Waals surface area contributed by atoms with Crippen LogP contribution in [0.5, 0.6) is 0 Å². The summed E-state index contributed by atoms with van der Waals surface area (Å²) in [6.45, 7) is 5.45. The van der Waals surface area contributed by atoms with Crippen LogP contribution in [0.2, 0.25) is 0 Å². The molecule has 0 radical (unpaired) electrons. The third-order valence-electron chi connectivity index (χ3n) is 2.93. The van der Waals surface area contributed by atoms with Crippen molar-refractivity contribution in [1.82, 2.24) is 10.2 Å². The van der Waals surface area contributed by atoms with Gasteiger partial charge in [0.25, 0.3) is 0 Å². The number of urea groups is 1. The van der Waals surface area contributed by atoms with Crippen molar-refractivity contribution in [1.29, 1.82) is 0 Å². The van der Waals surface area contributed by atoms with Crippen molar-refractivity contribution < 1.29 is 4.79 Å². The number of hydrogen-bond acceptors (Lipinski definition) is 2. The number of amides is 2. The minimum atomic E-state index is -0.0435. The first kappa shape index (κ1) is 11.5. The molecule has 1 aliphatic heterocycles. The summed E-state index contributed by atoms with van der Waals surface area (Å²) in [5, 5.41) is 2.79. The summed E-state index contributed by atoms with van der Waals surface area (Å²) >= 11 is 0. The fourth-order valence-corrected chi connectivity index (χ4v) is 2.02. The molecule has 4 nitrogen and oxygen atoms in total. The van der Waals surface area contributed by atoms with E-state index in [2.05, 4.69) is 11.9 Å². The van der Waals surface area contributed by atoms with E-state index < -0.39 is 0 Å². The quantitative estimate of drug-likeness (QED) is 0.599. The predicted octanol–water partition coefficient (Wildman–Crippen LogP) is 1.52. The molecule has 1 heterocycles. The lowest BCUT2D eigenvalue weighted by Gasteiger charge is -2.29. The lowest BCUT2D eigenvalue weighted by Crippen LogP contribution is -2.42. The highest BCUT2D eigenvalue weighted by molar-refractivity contribution is 5.74. The number of benzene rings is 1. The van der Waals surface area contributed by atoms with Gasteiger partial charge in [0.1, 0.15) is 0 Å². The topological polar surface area (TPSA) is 58.4 Å². The number of carbonyl (C=O) groups excluding carboxylic acids is 1. The Balaban J connectivity index is 2.07. The van der Waals surface area contributed by atoms with Crippen molar-refractivity contribution in [2.75, 3.05) is 18.8 Å². The molecule has 17 heavy (non-hydrogen) atoms. The van der Waals surface area contributed by atoms with E-state index in [1.165, 1.54) is 5.56 Å². The van der Waals surface area contributed by atoms with Crippen molar-refractivity contribution >= 4 is 11.7 Å². The Morgan fingerprint density at radius 2 is 2.35 bits per heavy atom. The molecule has 0 saturated carbocycles. The molecule has 3 N–H and O–H groups in total. The average molecular weight is 231 g/mol. The van der Waals surface area contributed by atoms with Gasteiger partial charge in [-0.15, -0.1) is 6.58 Å². The molecule has 0 spiro atoms. The summed E-state index contributed by atoms with van der Waals surface area (Å²) < 4.78 is 0. The number of carbonyl (C=O) groups is 1. The Hall–Kier alpha value is -1.97. The standard InChI is InChI=1S/C13H17N3O/c1-2-6-15-13(17)16-7-5-10-3-4-12(14)8-11(10)9-16/h2-4,8H,1,5-7,9,14H2,(H,15,17). The van der Waals surface area contributed by atoms with Gasteiger partial charge in [-0.05, 0) is 29.7 Å². The Bertz CT molecular complexity index is 442. The van der Waals surface area contributed by atoms with Gasteiger partial charge in [-0.2, -0.15) is 0 Å². The van der Waals surface area contributed by atoms with Crippen LogP contribution >= 0.6 is 0 Å². The van der Waals surface area contributed by atoms with Crippen LogP contribution in [-0.2, 0) is 13.0 Å². The van der Waals surface area contributed by atoms with Crippen molar-refractivity contribution in [2.24, 2.45) is 0 Å². The highest BCUT2D eigenvalue weighted by atomic mass is 16.2. The highest BCUT2D eigenvalue weighted by Gasteiger charge is 2.19. The van der Waals surface area contributed by atoms with Gasteiger partial charge in [0.15, 0.2) is 0 Å². The molecule has 0 fully saturated rings. The molecule has 2 amide bonds. The second-order valence-electron chi connectivity index (χ2n) is 4.17. The summed E-state index contributed by atoms with van der Waals surface area (Å²) in [7, 11) is 0. The van der Waals surface area contributed by atoms with E-state index in [4.69, 9.17) is 5.73 Å². The van der Waals surface area contributed by atoms with E-state index >= 15 is 0 Å².